The summed E-state index contributed by atoms with van der Waals surface area (Å²) in [7, 11) is 0. The smallest absolute Gasteiger partial charge is 0.206 e. The molecule has 2 N–H and O–H groups in total. The fourth-order valence-corrected chi connectivity index (χ4v) is 2.00. The van der Waals surface area contributed by atoms with Crippen LogP contribution in [0.3, 0.4) is 0 Å². The number of hydrogen-bond acceptors (Lipinski definition) is 4. The fourth-order valence-electron chi connectivity index (χ4n) is 0.910. The third-order valence-electron chi connectivity index (χ3n) is 1.72. The van der Waals surface area contributed by atoms with Crippen LogP contribution in [0.25, 0.3) is 0 Å². The van der Waals surface area contributed by atoms with Crippen LogP contribution in [-0.2, 0) is 10.5 Å². The van der Waals surface area contributed by atoms with E-state index in [1.807, 2.05) is 30.3 Å². The van der Waals surface area contributed by atoms with Gasteiger partial charge in [-0.25, -0.2) is 0 Å². The molecule has 0 unspecified atom stereocenters. The summed E-state index contributed by atoms with van der Waals surface area (Å²) >= 11 is 5.23. The molecule has 1 aromatic carbocycles. The summed E-state index contributed by atoms with van der Waals surface area (Å²) in [6.07, 6.45) is 0. The number of hydrogen-bond donors (Lipinski definition) is 2. The summed E-state index contributed by atoms with van der Waals surface area (Å²) in [5, 5.41) is 0.00357. The molecule has 14 heavy (non-hydrogen) atoms. The lowest BCUT2D eigenvalue weighted by Crippen LogP contribution is -2.29. The minimum Gasteiger partial charge on any atom is -0.320 e. The predicted molar refractivity (Wildman–Crippen MR) is 64.6 cm³/mol. The topological polar surface area (TPSA) is 43.1 Å². The van der Waals surface area contributed by atoms with Crippen molar-refractivity contribution in [2.75, 3.05) is 5.75 Å². The van der Waals surface area contributed by atoms with Crippen LogP contribution in [0.1, 0.15) is 5.56 Å². The zero-order valence-corrected chi connectivity index (χ0v) is 9.43. The van der Waals surface area contributed by atoms with Gasteiger partial charge < -0.3 is 5.73 Å². The fraction of sp³-hybridized carbons (Fsp3) is 0.300. The van der Waals surface area contributed by atoms with Gasteiger partial charge in [0.25, 0.3) is 0 Å². The van der Waals surface area contributed by atoms with Gasteiger partial charge in [-0.05, 0) is 5.56 Å². The molecular weight excluding hydrogens is 214 g/mol. The molecule has 0 amide bonds. The van der Waals surface area contributed by atoms with Crippen molar-refractivity contribution >= 4 is 29.5 Å². The highest BCUT2D eigenvalue weighted by Crippen LogP contribution is 2.13. The van der Waals surface area contributed by atoms with E-state index < -0.39 is 6.04 Å². The van der Waals surface area contributed by atoms with Crippen molar-refractivity contribution in [1.29, 1.82) is 0 Å². The third kappa shape index (κ3) is 3.74. The molecule has 0 saturated carbocycles. The van der Waals surface area contributed by atoms with Gasteiger partial charge in [-0.15, -0.1) is 0 Å². The maximum absolute atomic E-state index is 11.3. The standard InChI is InChI=1S/C10H13NOS2/c11-9(6-13)10(12)14-7-8-4-2-1-3-5-8/h1-5,9,13H,6-7,11H2/t9-/m1/s1. The second-order valence-corrected chi connectivity index (χ2v) is 4.23. The Labute approximate surface area is 93.7 Å². The molecule has 0 aromatic heterocycles. The number of carbonyl (C=O) groups is 1. The Morgan fingerprint density at radius 2 is 2.07 bits per heavy atom. The largest absolute Gasteiger partial charge is 0.320 e. The molecule has 0 saturated heterocycles. The summed E-state index contributed by atoms with van der Waals surface area (Å²) in [5.74, 6) is 1.09. The number of thioether (sulfide) groups is 1. The first kappa shape index (κ1) is 11.6. The molecule has 76 valence electrons. The molecule has 0 fully saturated rings. The van der Waals surface area contributed by atoms with Gasteiger partial charge in [-0.2, -0.15) is 12.6 Å². The van der Waals surface area contributed by atoms with Crippen molar-refractivity contribution in [2.45, 2.75) is 11.8 Å². The molecule has 2 nitrogen and oxygen atoms in total. The lowest BCUT2D eigenvalue weighted by Gasteiger charge is -2.05. The average molecular weight is 227 g/mol. The van der Waals surface area contributed by atoms with E-state index in [2.05, 4.69) is 12.6 Å². The summed E-state index contributed by atoms with van der Waals surface area (Å²) in [5.41, 5.74) is 6.67. The molecule has 0 radical (unpaired) electrons. The molecule has 1 aromatic rings. The van der Waals surface area contributed by atoms with E-state index in [0.29, 0.717) is 11.5 Å². The normalized spacial score (nSPS) is 12.4. The number of thiol groups is 1. The summed E-state index contributed by atoms with van der Waals surface area (Å²) in [4.78, 5) is 11.3. The van der Waals surface area contributed by atoms with Crippen LogP contribution < -0.4 is 5.73 Å². The van der Waals surface area contributed by atoms with Gasteiger partial charge in [0.1, 0.15) is 0 Å². The first-order valence-electron chi connectivity index (χ1n) is 4.31. The molecule has 1 rings (SSSR count). The molecule has 0 spiro atoms. The minimum atomic E-state index is -0.452. The van der Waals surface area contributed by atoms with E-state index in [1.165, 1.54) is 11.8 Å². The van der Waals surface area contributed by atoms with Gasteiger partial charge in [0, 0.05) is 11.5 Å². The lowest BCUT2D eigenvalue weighted by atomic mass is 10.2. The van der Waals surface area contributed by atoms with E-state index in [4.69, 9.17) is 5.73 Å². The Kier molecular flexibility index (Phi) is 5.07. The van der Waals surface area contributed by atoms with Gasteiger partial charge in [-0.1, -0.05) is 42.1 Å². The van der Waals surface area contributed by atoms with Crippen LogP contribution in [0.4, 0.5) is 0 Å². The Morgan fingerprint density at radius 3 is 2.64 bits per heavy atom. The Bertz CT molecular complexity index is 289. The van der Waals surface area contributed by atoms with Gasteiger partial charge in [-0.3, -0.25) is 4.79 Å². The third-order valence-corrected chi connectivity index (χ3v) is 3.18. The van der Waals surface area contributed by atoms with Crippen molar-refractivity contribution < 1.29 is 4.79 Å². The van der Waals surface area contributed by atoms with Crippen molar-refractivity contribution in [3.05, 3.63) is 35.9 Å². The van der Waals surface area contributed by atoms with Crippen molar-refractivity contribution in [1.82, 2.24) is 0 Å². The van der Waals surface area contributed by atoms with Crippen molar-refractivity contribution in [2.24, 2.45) is 5.73 Å². The number of carbonyl (C=O) groups excluding carboxylic acids is 1. The van der Waals surface area contributed by atoms with E-state index in [-0.39, 0.29) is 5.12 Å². The summed E-state index contributed by atoms with van der Waals surface area (Å²) < 4.78 is 0. The quantitative estimate of drug-likeness (QED) is 0.770. The molecule has 1 atom stereocenters. The Morgan fingerprint density at radius 1 is 1.43 bits per heavy atom. The van der Waals surface area contributed by atoms with Crippen molar-refractivity contribution in [3.63, 3.8) is 0 Å². The van der Waals surface area contributed by atoms with E-state index >= 15 is 0 Å². The molecular formula is C10H13NOS2. The second kappa shape index (κ2) is 6.11. The van der Waals surface area contributed by atoms with E-state index in [0.717, 1.165) is 5.56 Å². The monoisotopic (exact) mass is 227 g/mol. The van der Waals surface area contributed by atoms with Crippen LogP contribution >= 0.6 is 24.4 Å². The van der Waals surface area contributed by atoms with Gasteiger partial charge in [0.15, 0.2) is 0 Å². The number of rotatable bonds is 4. The lowest BCUT2D eigenvalue weighted by molar-refractivity contribution is -0.111. The number of benzene rings is 1. The molecule has 0 bridgehead atoms. The maximum Gasteiger partial charge on any atom is 0.206 e. The average Bonchev–Trinajstić information content (AvgIpc) is 2.26. The zero-order chi connectivity index (χ0) is 10.4. The van der Waals surface area contributed by atoms with Gasteiger partial charge in [0.05, 0.1) is 6.04 Å². The summed E-state index contributed by atoms with van der Waals surface area (Å²) in [6.45, 7) is 0. The first-order chi connectivity index (χ1) is 6.74. The minimum absolute atomic E-state index is 0.00357. The summed E-state index contributed by atoms with van der Waals surface area (Å²) in [6, 6.07) is 9.40. The van der Waals surface area contributed by atoms with Gasteiger partial charge in [0.2, 0.25) is 5.12 Å². The molecule has 0 heterocycles. The van der Waals surface area contributed by atoms with E-state index in [9.17, 15) is 4.79 Å². The van der Waals surface area contributed by atoms with Crippen LogP contribution in [0.5, 0.6) is 0 Å². The Balaban J connectivity index is 2.38. The van der Waals surface area contributed by atoms with Crippen LogP contribution in [0.2, 0.25) is 0 Å². The number of nitrogens with two attached hydrogens (primary N) is 1. The van der Waals surface area contributed by atoms with Crippen LogP contribution in [-0.4, -0.2) is 16.9 Å². The van der Waals surface area contributed by atoms with Gasteiger partial charge >= 0.3 is 0 Å². The van der Waals surface area contributed by atoms with Crippen LogP contribution in [0.15, 0.2) is 30.3 Å². The molecule has 0 aliphatic carbocycles. The van der Waals surface area contributed by atoms with Crippen molar-refractivity contribution in [3.8, 4) is 0 Å². The van der Waals surface area contributed by atoms with E-state index in [1.54, 1.807) is 0 Å². The highest BCUT2D eigenvalue weighted by atomic mass is 32.2. The zero-order valence-electron chi connectivity index (χ0n) is 7.72. The highest BCUT2D eigenvalue weighted by Gasteiger charge is 2.11. The maximum atomic E-state index is 11.3. The SMILES string of the molecule is N[C@H](CS)C(=O)SCc1ccccc1. The Hall–Kier alpha value is -0.450. The molecule has 0 aliphatic heterocycles. The van der Waals surface area contributed by atoms with Crippen LogP contribution in [0, 0.1) is 0 Å². The highest BCUT2D eigenvalue weighted by molar-refractivity contribution is 8.13. The second-order valence-electron chi connectivity index (χ2n) is 2.88. The predicted octanol–water partition coefficient (Wildman–Crippen LogP) is 1.70. The first-order valence-corrected chi connectivity index (χ1v) is 5.93. The molecule has 4 heteroatoms. The molecule has 0 aliphatic rings.